The van der Waals surface area contributed by atoms with Crippen LogP contribution in [0.2, 0.25) is 0 Å². The van der Waals surface area contributed by atoms with E-state index in [0.717, 1.165) is 43.5 Å². The molecule has 1 atom stereocenters. The average molecular weight is 520 g/mol. The maximum absolute atomic E-state index is 12.9. The van der Waals surface area contributed by atoms with E-state index in [1.807, 2.05) is 28.8 Å². The molecule has 1 unspecified atom stereocenters. The SMILES string of the molecule is C=CCn1c(CCc2ccccc2)nnc1SCC(=O)Nc1sc2c(c1C#N)CCC(C(C)(C)C)C2. The molecule has 4 rings (SSSR count). The Kier molecular flexibility index (Phi) is 8.32. The van der Waals surface area contributed by atoms with Crippen LogP contribution in [0.25, 0.3) is 0 Å². The smallest absolute Gasteiger partial charge is 0.235 e. The van der Waals surface area contributed by atoms with Gasteiger partial charge in [0.1, 0.15) is 16.9 Å². The molecular weight excluding hydrogens is 486 g/mol. The standard InChI is InChI=1S/C28H33N5OS2/c1-5-15-33-24(14-11-19-9-7-6-8-10-19)31-32-27(33)35-18-25(34)30-26-22(17-29)21-13-12-20(28(2,3)4)16-23(21)36-26/h5-10,20H,1,11-16,18H2,2-4H3,(H,30,34). The number of amides is 1. The lowest BCUT2D eigenvalue weighted by molar-refractivity contribution is -0.113. The molecule has 2 heterocycles. The van der Waals surface area contributed by atoms with Gasteiger partial charge in [-0.1, -0.05) is 68.9 Å². The number of nitriles is 1. The normalized spacial score (nSPS) is 15.2. The van der Waals surface area contributed by atoms with Gasteiger partial charge in [-0.05, 0) is 48.1 Å². The minimum absolute atomic E-state index is 0.138. The van der Waals surface area contributed by atoms with Crippen LogP contribution in [0, 0.1) is 22.7 Å². The van der Waals surface area contributed by atoms with Crippen LogP contribution in [-0.4, -0.2) is 26.4 Å². The molecular formula is C28H33N5OS2. The quantitative estimate of drug-likeness (QED) is 0.274. The highest BCUT2D eigenvalue weighted by molar-refractivity contribution is 7.99. The van der Waals surface area contributed by atoms with E-state index in [-0.39, 0.29) is 17.1 Å². The maximum Gasteiger partial charge on any atom is 0.235 e. The third kappa shape index (κ3) is 6.08. The fourth-order valence-corrected chi connectivity index (χ4v) is 6.71. The van der Waals surface area contributed by atoms with E-state index in [2.05, 4.69) is 61.1 Å². The molecule has 0 fully saturated rings. The van der Waals surface area contributed by atoms with Crippen molar-refractivity contribution in [3.8, 4) is 6.07 Å². The van der Waals surface area contributed by atoms with Crippen LogP contribution in [0.3, 0.4) is 0 Å². The number of hydrogen-bond acceptors (Lipinski definition) is 6. The molecule has 36 heavy (non-hydrogen) atoms. The van der Waals surface area contributed by atoms with Crippen molar-refractivity contribution in [3.63, 3.8) is 0 Å². The predicted molar refractivity (Wildman–Crippen MR) is 147 cm³/mol. The molecule has 1 aliphatic rings. The number of hydrogen-bond donors (Lipinski definition) is 1. The largest absolute Gasteiger partial charge is 0.316 e. The number of carbonyl (C=O) groups excluding carboxylic acids is 1. The second kappa shape index (κ2) is 11.4. The minimum Gasteiger partial charge on any atom is -0.316 e. The predicted octanol–water partition coefficient (Wildman–Crippen LogP) is 6.06. The number of anilines is 1. The van der Waals surface area contributed by atoms with Crippen molar-refractivity contribution < 1.29 is 4.79 Å². The van der Waals surface area contributed by atoms with Crippen LogP contribution >= 0.6 is 23.1 Å². The molecule has 0 spiro atoms. The third-order valence-electron chi connectivity index (χ3n) is 6.77. The van der Waals surface area contributed by atoms with Gasteiger partial charge in [0.05, 0.1) is 11.3 Å². The summed E-state index contributed by atoms with van der Waals surface area (Å²) in [5.41, 5.74) is 3.24. The van der Waals surface area contributed by atoms with Gasteiger partial charge in [-0.3, -0.25) is 4.79 Å². The first-order valence-electron chi connectivity index (χ1n) is 12.3. The van der Waals surface area contributed by atoms with E-state index < -0.39 is 0 Å². The summed E-state index contributed by atoms with van der Waals surface area (Å²) >= 11 is 2.93. The lowest BCUT2D eigenvalue weighted by Gasteiger charge is -2.33. The van der Waals surface area contributed by atoms with E-state index in [1.165, 1.54) is 22.2 Å². The molecule has 1 N–H and O–H groups in total. The Morgan fingerprint density at radius 2 is 2.08 bits per heavy atom. The molecule has 8 heteroatoms. The first kappa shape index (κ1) is 26.2. The number of aromatic nitrogens is 3. The first-order valence-corrected chi connectivity index (χ1v) is 14.1. The zero-order chi connectivity index (χ0) is 25.7. The Morgan fingerprint density at radius 3 is 2.78 bits per heavy atom. The topological polar surface area (TPSA) is 83.6 Å². The summed E-state index contributed by atoms with van der Waals surface area (Å²) in [7, 11) is 0. The number of nitrogens with one attached hydrogen (secondary N) is 1. The fraction of sp³-hybridized carbons (Fsp3) is 0.429. The van der Waals surface area contributed by atoms with Crippen LogP contribution < -0.4 is 5.32 Å². The van der Waals surface area contributed by atoms with Crippen molar-refractivity contribution in [1.29, 1.82) is 5.26 Å². The summed E-state index contributed by atoms with van der Waals surface area (Å²) in [6.45, 7) is 11.3. The van der Waals surface area contributed by atoms with Crippen LogP contribution in [0.15, 0.2) is 48.1 Å². The molecule has 0 aliphatic heterocycles. The molecule has 0 bridgehead atoms. The monoisotopic (exact) mass is 519 g/mol. The minimum atomic E-state index is -0.138. The number of allylic oxidation sites excluding steroid dienone is 1. The van der Waals surface area contributed by atoms with Crippen molar-refractivity contribution in [2.24, 2.45) is 11.3 Å². The van der Waals surface area contributed by atoms with Crippen LogP contribution in [0.4, 0.5) is 5.00 Å². The molecule has 1 aliphatic carbocycles. The van der Waals surface area contributed by atoms with Crippen molar-refractivity contribution in [3.05, 3.63) is 70.4 Å². The van der Waals surface area contributed by atoms with Gasteiger partial charge in [-0.25, -0.2) is 0 Å². The summed E-state index contributed by atoms with van der Waals surface area (Å²) in [6, 6.07) is 12.6. The van der Waals surface area contributed by atoms with Crippen molar-refractivity contribution in [2.75, 3.05) is 11.1 Å². The van der Waals surface area contributed by atoms with Gasteiger partial charge in [-0.2, -0.15) is 5.26 Å². The Balaban J connectivity index is 1.40. The lowest BCUT2D eigenvalue weighted by Crippen LogP contribution is -2.26. The molecule has 3 aromatic rings. The van der Waals surface area contributed by atoms with Crippen molar-refractivity contribution in [2.45, 2.75) is 64.6 Å². The molecule has 2 aromatic heterocycles. The Bertz CT molecular complexity index is 1260. The summed E-state index contributed by atoms with van der Waals surface area (Å²) in [5.74, 6) is 1.53. The fourth-order valence-electron chi connectivity index (χ4n) is 4.65. The first-order chi connectivity index (χ1) is 17.3. The molecule has 1 aromatic carbocycles. The Morgan fingerprint density at radius 1 is 1.31 bits per heavy atom. The highest BCUT2D eigenvalue weighted by Crippen LogP contribution is 2.44. The highest BCUT2D eigenvalue weighted by Gasteiger charge is 2.32. The van der Waals surface area contributed by atoms with E-state index in [9.17, 15) is 10.1 Å². The summed E-state index contributed by atoms with van der Waals surface area (Å²) in [6.07, 6.45) is 6.41. The van der Waals surface area contributed by atoms with E-state index in [1.54, 1.807) is 11.3 Å². The number of aryl methyl sites for hydroxylation is 2. The molecule has 0 saturated heterocycles. The lowest BCUT2D eigenvalue weighted by atomic mass is 9.72. The van der Waals surface area contributed by atoms with E-state index in [0.29, 0.717) is 28.2 Å². The zero-order valence-electron chi connectivity index (χ0n) is 21.2. The second-order valence-corrected chi connectivity index (χ2v) is 12.3. The Labute approximate surface area is 221 Å². The summed E-state index contributed by atoms with van der Waals surface area (Å²) in [4.78, 5) is 14.1. The maximum atomic E-state index is 12.9. The number of carbonyl (C=O) groups is 1. The van der Waals surface area contributed by atoms with Gasteiger partial charge < -0.3 is 9.88 Å². The van der Waals surface area contributed by atoms with Gasteiger partial charge in [0.25, 0.3) is 0 Å². The number of thiophene rings is 1. The van der Waals surface area contributed by atoms with Gasteiger partial charge in [0.2, 0.25) is 5.91 Å². The summed E-state index contributed by atoms with van der Waals surface area (Å²) < 4.78 is 2.02. The molecule has 1 amide bonds. The number of thioether (sulfide) groups is 1. The van der Waals surface area contributed by atoms with Crippen molar-refractivity contribution in [1.82, 2.24) is 14.8 Å². The zero-order valence-corrected chi connectivity index (χ0v) is 22.8. The van der Waals surface area contributed by atoms with Crippen LogP contribution in [0.1, 0.15) is 54.6 Å². The van der Waals surface area contributed by atoms with Crippen molar-refractivity contribution >= 4 is 34.0 Å². The van der Waals surface area contributed by atoms with Crippen LogP contribution in [-0.2, 0) is 37.0 Å². The number of benzene rings is 1. The Hall–Kier alpha value is -2.89. The highest BCUT2D eigenvalue weighted by atomic mass is 32.2. The molecule has 188 valence electrons. The molecule has 0 radical (unpaired) electrons. The number of fused-ring (bicyclic) bond motifs is 1. The van der Waals surface area contributed by atoms with Gasteiger partial charge in [0, 0.05) is 17.8 Å². The third-order valence-corrected chi connectivity index (χ3v) is 8.91. The second-order valence-electron chi connectivity index (χ2n) is 10.2. The van der Waals surface area contributed by atoms with E-state index in [4.69, 9.17) is 0 Å². The summed E-state index contributed by atoms with van der Waals surface area (Å²) in [5, 5.41) is 22.9. The van der Waals surface area contributed by atoms with Gasteiger partial charge in [0.15, 0.2) is 5.16 Å². The molecule has 0 saturated carbocycles. The number of nitrogens with zero attached hydrogens (tertiary/aromatic N) is 4. The molecule has 6 nitrogen and oxygen atoms in total. The van der Waals surface area contributed by atoms with Gasteiger partial charge >= 0.3 is 0 Å². The number of rotatable bonds is 9. The van der Waals surface area contributed by atoms with Gasteiger partial charge in [-0.15, -0.1) is 28.1 Å². The van der Waals surface area contributed by atoms with E-state index >= 15 is 0 Å². The van der Waals surface area contributed by atoms with Crippen LogP contribution in [0.5, 0.6) is 0 Å². The average Bonchev–Trinajstić information content (AvgIpc) is 3.41.